The Morgan fingerprint density at radius 2 is 1.27 bits per heavy atom. The maximum absolute atomic E-state index is 11.7. The van der Waals surface area contributed by atoms with Gasteiger partial charge in [0.2, 0.25) is 23.8 Å². The minimum atomic E-state index is -0.325. The molecule has 0 bridgehead atoms. The number of nitrogens with zero attached hydrogens (tertiary/aromatic N) is 5. The van der Waals surface area contributed by atoms with E-state index in [2.05, 4.69) is 44.9 Å². The lowest BCUT2D eigenvalue weighted by molar-refractivity contribution is -0.114. The van der Waals surface area contributed by atoms with E-state index in [1.165, 1.54) is 24.1 Å². The largest absolute Gasteiger partial charge is 0.506 e. The Kier molecular flexibility index (Phi) is 7.98. The van der Waals surface area contributed by atoms with E-state index in [0.29, 0.717) is 43.8 Å². The Labute approximate surface area is 233 Å². The lowest BCUT2D eigenvalue weighted by Gasteiger charge is -2.37. The number of para-hydroxylation sites is 1. The summed E-state index contributed by atoms with van der Waals surface area (Å²) in [5, 5.41) is 16.0. The third kappa shape index (κ3) is 6.39. The second-order valence-electron chi connectivity index (χ2n) is 10.7. The molecule has 13 heteroatoms. The van der Waals surface area contributed by atoms with Gasteiger partial charge in [0.25, 0.3) is 0 Å². The summed E-state index contributed by atoms with van der Waals surface area (Å²) in [4.78, 5) is 29.4. The summed E-state index contributed by atoms with van der Waals surface area (Å²) in [5.41, 5.74) is 28.3. The van der Waals surface area contributed by atoms with Crippen molar-refractivity contribution in [1.29, 1.82) is 0 Å². The number of carbonyl (C=O) groups is 1. The zero-order valence-corrected chi connectivity index (χ0v) is 22.5. The lowest BCUT2D eigenvalue weighted by atomic mass is 9.95. The number of fused-ring (bicyclic) bond motifs is 1. The van der Waals surface area contributed by atoms with Crippen LogP contribution in [0.3, 0.4) is 0 Å². The number of nitrogens with two attached hydrogens (primary N) is 4. The van der Waals surface area contributed by atoms with Crippen LogP contribution in [0.15, 0.2) is 42.5 Å². The van der Waals surface area contributed by atoms with Gasteiger partial charge < -0.3 is 48.5 Å². The molecule has 0 saturated carbocycles. The number of phenolic OH excluding ortho intramolecular Hbond substituents is 1. The first-order valence-electron chi connectivity index (χ1n) is 13.4. The van der Waals surface area contributed by atoms with Gasteiger partial charge in [0.15, 0.2) is 0 Å². The average Bonchev–Trinajstić information content (AvgIpc) is 2.87. The van der Waals surface area contributed by atoms with Gasteiger partial charge in [0, 0.05) is 57.3 Å². The smallest absolute Gasteiger partial charge is 0.233 e. The number of hydrogen-bond donors (Lipinski definition) is 7. The number of carbonyl (C=O) groups excluding carboxylic acids is 1. The minimum Gasteiger partial charge on any atom is -0.506 e. The Hall–Kier alpha value is -4.04. The van der Waals surface area contributed by atoms with Gasteiger partial charge in [-0.25, -0.2) is 0 Å². The number of benzene rings is 2. The van der Waals surface area contributed by atoms with E-state index in [1.54, 1.807) is 12.1 Å². The fourth-order valence-electron chi connectivity index (χ4n) is 5.11. The summed E-state index contributed by atoms with van der Waals surface area (Å²) in [5.74, 6) is 0.668. The number of aromatic nitrogens is 3. The highest BCUT2D eigenvalue weighted by Gasteiger charge is 2.29. The van der Waals surface area contributed by atoms with Gasteiger partial charge in [-0.1, -0.05) is 30.3 Å². The van der Waals surface area contributed by atoms with E-state index in [-0.39, 0.29) is 47.5 Å². The maximum Gasteiger partial charge on any atom is 0.233 e. The second-order valence-corrected chi connectivity index (χ2v) is 10.7. The van der Waals surface area contributed by atoms with E-state index < -0.39 is 0 Å². The molecule has 212 valence electrons. The van der Waals surface area contributed by atoms with E-state index in [9.17, 15) is 9.90 Å². The number of aromatic hydroxyl groups is 1. The third-order valence-corrected chi connectivity index (χ3v) is 7.02. The molecule has 0 spiro atoms. The minimum absolute atomic E-state index is 0.0874. The van der Waals surface area contributed by atoms with Crippen molar-refractivity contribution in [3.63, 3.8) is 0 Å². The molecule has 6 rings (SSSR count). The summed E-state index contributed by atoms with van der Waals surface area (Å²) in [6.07, 6.45) is 1.44. The summed E-state index contributed by atoms with van der Waals surface area (Å²) in [6.45, 7) is 3.58. The molecule has 40 heavy (non-hydrogen) atoms. The molecular weight excluding hydrogens is 510 g/mol. The summed E-state index contributed by atoms with van der Waals surface area (Å²) in [7, 11) is 0. The monoisotopic (exact) mass is 547 g/mol. The van der Waals surface area contributed by atoms with Crippen LogP contribution in [0.1, 0.15) is 19.8 Å². The first kappa shape index (κ1) is 27.5. The van der Waals surface area contributed by atoms with E-state index in [0.717, 1.165) is 12.8 Å². The molecule has 4 aliphatic rings. The summed E-state index contributed by atoms with van der Waals surface area (Å²) in [6, 6.07) is 12.9. The van der Waals surface area contributed by atoms with Crippen LogP contribution < -0.4 is 43.4 Å². The van der Waals surface area contributed by atoms with Crippen molar-refractivity contribution in [1.82, 2.24) is 15.0 Å². The molecule has 3 heterocycles. The normalized spacial score (nSPS) is 23.1. The van der Waals surface area contributed by atoms with Gasteiger partial charge >= 0.3 is 0 Å². The van der Waals surface area contributed by atoms with Gasteiger partial charge in [0.05, 0.1) is 5.69 Å². The number of nitrogens with one attached hydrogen (secondary N) is 2. The number of phenols is 1. The zero-order chi connectivity index (χ0) is 28.4. The van der Waals surface area contributed by atoms with Crippen molar-refractivity contribution in [3.05, 3.63) is 42.5 Å². The molecule has 11 N–H and O–H groups in total. The van der Waals surface area contributed by atoms with Crippen molar-refractivity contribution in [2.24, 2.45) is 22.9 Å². The number of hydrogen-bond acceptors (Lipinski definition) is 12. The molecule has 1 aromatic carbocycles. The van der Waals surface area contributed by atoms with Crippen LogP contribution in [-0.2, 0) is 4.79 Å². The molecule has 2 aromatic rings. The van der Waals surface area contributed by atoms with Crippen LogP contribution in [0, 0.1) is 0 Å². The number of piperidine rings is 2. The molecule has 2 aliphatic carbocycles. The Morgan fingerprint density at radius 3 is 1.68 bits per heavy atom. The van der Waals surface area contributed by atoms with Crippen LogP contribution in [-0.4, -0.2) is 76.3 Å². The van der Waals surface area contributed by atoms with Gasteiger partial charge in [-0.2, -0.15) is 15.0 Å². The number of amides is 1. The molecule has 4 atom stereocenters. The van der Waals surface area contributed by atoms with Crippen molar-refractivity contribution >= 4 is 35.1 Å². The average molecular weight is 548 g/mol. The highest BCUT2D eigenvalue weighted by molar-refractivity contribution is 5.95. The van der Waals surface area contributed by atoms with E-state index in [1.807, 2.05) is 9.80 Å². The van der Waals surface area contributed by atoms with Crippen LogP contribution in [0.5, 0.6) is 5.75 Å². The Balaban J connectivity index is 0.000000467. The van der Waals surface area contributed by atoms with E-state index >= 15 is 0 Å². The Bertz CT molecular complexity index is 1270. The van der Waals surface area contributed by atoms with Gasteiger partial charge in [-0.3, -0.25) is 4.79 Å². The summed E-state index contributed by atoms with van der Waals surface area (Å²) >= 11 is 0. The van der Waals surface area contributed by atoms with Crippen molar-refractivity contribution in [3.8, 4) is 16.9 Å². The molecule has 13 nitrogen and oxygen atoms in total. The Morgan fingerprint density at radius 1 is 0.800 bits per heavy atom. The predicted octanol–water partition coefficient (Wildman–Crippen LogP) is 0.676. The number of anilines is 5. The molecule has 0 radical (unpaired) electrons. The molecule has 2 fully saturated rings. The van der Waals surface area contributed by atoms with E-state index in [4.69, 9.17) is 27.9 Å². The SMILES string of the molecule is CC(=O)Nc1c(O)cccc1Nc1nc(N2C[C@H](N)C[C@H](N)C2)nc(N2C[C@H](N)C[C@H](N)C2)n1.c1cc2ccc1-2. The molecule has 0 unspecified atom stereocenters. The van der Waals surface area contributed by atoms with Crippen LogP contribution in [0.25, 0.3) is 11.1 Å². The first-order valence-corrected chi connectivity index (χ1v) is 13.4. The molecular formula is C27H37N11O2. The fourth-order valence-corrected chi connectivity index (χ4v) is 5.11. The van der Waals surface area contributed by atoms with Gasteiger partial charge in [-0.15, -0.1) is 0 Å². The molecule has 1 aromatic heterocycles. The standard InChI is InChI=1S/C21H33N11O2.C6H4/c1-11(33)26-18-16(3-2-4-17(18)34)27-19-28-20(31-7-12(22)5-13(23)8-31)30-21(29-19)32-9-14(24)6-15(25)10-32;1-2-6-4-3-5(1)6/h2-4,12-15,34H,5-10,22-25H2,1H3,(H,26,33)(H,27,28,29,30);1-4H/t12-,13+,14-,15+;. The van der Waals surface area contributed by atoms with Gasteiger partial charge in [-0.05, 0) is 36.1 Å². The number of rotatable bonds is 5. The highest BCUT2D eigenvalue weighted by Crippen LogP contribution is 2.34. The van der Waals surface area contributed by atoms with Gasteiger partial charge in [0.1, 0.15) is 11.4 Å². The summed E-state index contributed by atoms with van der Waals surface area (Å²) < 4.78 is 0. The fraction of sp³-hybridized carbons (Fsp3) is 0.407. The second kappa shape index (κ2) is 11.6. The van der Waals surface area contributed by atoms with Crippen molar-refractivity contribution < 1.29 is 9.90 Å². The van der Waals surface area contributed by atoms with Crippen LogP contribution >= 0.6 is 0 Å². The predicted molar refractivity (Wildman–Crippen MR) is 157 cm³/mol. The molecule has 2 saturated heterocycles. The van der Waals surface area contributed by atoms with Crippen LogP contribution in [0.2, 0.25) is 0 Å². The lowest BCUT2D eigenvalue weighted by Crippen LogP contribution is -2.54. The highest BCUT2D eigenvalue weighted by atomic mass is 16.3. The molecule has 2 aliphatic heterocycles. The van der Waals surface area contributed by atoms with Crippen molar-refractivity contribution in [2.45, 2.75) is 43.9 Å². The first-order chi connectivity index (χ1) is 19.1. The zero-order valence-electron chi connectivity index (χ0n) is 22.5. The van der Waals surface area contributed by atoms with Crippen molar-refractivity contribution in [2.75, 3.05) is 46.6 Å². The topological polar surface area (TPSA) is 211 Å². The quantitative estimate of drug-likeness (QED) is 0.172. The maximum atomic E-state index is 11.7. The molecule has 1 amide bonds. The van der Waals surface area contributed by atoms with Crippen LogP contribution in [0.4, 0.5) is 29.2 Å². The third-order valence-electron chi connectivity index (χ3n) is 7.02.